The van der Waals surface area contributed by atoms with Gasteiger partial charge in [-0.15, -0.1) is 0 Å². The van der Waals surface area contributed by atoms with Gasteiger partial charge < -0.3 is 35.9 Å². The second-order valence-corrected chi connectivity index (χ2v) is 9.81. The van der Waals surface area contributed by atoms with E-state index in [9.17, 15) is 18.7 Å². The van der Waals surface area contributed by atoms with Gasteiger partial charge in [-0.3, -0.25) is 4.79 Å². The van der Waals surface area contributed by atoms with E-state index in [2.05, 4.69) is 22.1 Å². The largest absolute Gasteiger partial charge is 0.489 e. The molecule has 6 N–H and O–H groups in total. The molecule has 1 aromatic heterocycles. The SMILES string of the molecule is CCCCN1CCOc2c(-c3ncco3)cc(C(=O)NC(Cc3cc(F)cc(F)c3)C(O)CC/C(N)=C/N)cc21. The number of anilines is 1. The van der Waals surface area contributed by atoms with E-state index >= 15 is 0 Å². The van der Waals surface area contributed by atoms with Crippen LogP contribution in [-0.4, -0.2) is 47.8 Å². The van der Waals surface area contributed by atoms with Crippen LogP contribution in [-0.2, 0) is 6.42 Å². The number of aliphatic hydroxyl groups is 1. The van der Waals surface area contributed by atoms with Crippen molar-refractivity contribution in [1.29, 1.82) is 0 Å². The maximum Gasteiger partial charge on any atom is 0.251 e. The maximum atomic E-state index is 13.9. The van der Waals surface area contributed by atoms with Crippen molar-refractivity contribution >= 4 is 11.6 Å². The third kappa shape index (κ3) is 7.09. The van der Waals surface area contributed by atoms with Gasteiger partial charge in [-0.25, -0.2) is 13.8 Å². The predicted molar refractivity (Wildman–Crippen MR) is 148 cm³/mol. The van der Waals surface area contributed by atoms with Gasteiger partial charge in [0, 0.05) is 30.1 Å². The summed E-state index contributed by atoms with van der Waals surface area (Å²) in [7, 11) is 0. The Balaban J connectivity index is 1.67. The van der Waals surface area contributed by atoms with Crippen LogP contribution in [0.3, 0.4) is 0 Å². The van der Waals surface area contributed by atoms with E-state index in [1.165, 1.54) is 30.8 Å². The fourth-order valence-corrected chi connectivity index (χ4v) is 4.72. The quantitative estimate of drug-likeness (QED) is 0.264. The molecule has 0 fully saturated rings. The maximum absolute atomic E-state index is 13.9. The van der Waals surface area contributed by atoms with E-state index in [1.54, 1.807) is 12.1 Å². The zero-order chi connectivity index (χ0) is 28.6. The number of allylic oxidation sites excluding steroid dienone is 1. The van der Waals surface area contributed by atoms with Gasteiger partial charge in [-0.05, 0) is 55.5 Å². The molecular weight excluding hydrogens is 520 g/mol. The third-order valence-corrected chi connectivity index (χ3v) is 6.83. The predicted octanol–water partition coefficient (Wildman–Crippen LogP) is 3.86. The Morgan fingerprint density at radius 1 is 1.25 bits per heavy atom. The van der Waals surface area contributed by atoms with E-state index in [0.717, 1.165) is 31.1 Å². The molecule has 40 heavy (non-hydrogen) atoms. The highest BCUT2D eigenvalue weighted by Crippen LogP contribution is 2.41. The van der Waals surface area contributed by atoms with Gasteiger partial charge in [0.2, 0.25) is 5.89 Å². The Morgan fingerprint density at radius 2 is 2.02 bits per heavy atom. The number of aliphatic hydroxyl groups excluding tert-OH is 1. The van der Waals surface area contributed by atoms with Crippen LogP contribution >= 0.6 is 0 Å². The average Bonchev–Trinajstić information content (AvgIpc) is 3.48. The minimum atomic E-state index is -1.08. The molecule has 2 atom stereocenters. The molecule has 1 amide bonds. The first-order valence-corrected chi connectivity index (χ1v) is 13.3. The van der Waals surface area contributed by atoms with Crippen molar-refractivity contribution in [2.75, 3.05) is 24.6 Å². The third-order valence-electron chi connectivity index (χ3n) is 6.83. The normalized spacial score (nSPS) is 14.8. The summed E-state index contributed by atoms with van der Waals surface area (Å²) in [6.07, 6.45) is 5.51. The van der Waals surface area contributed by atoms with Gasteiger partial charge in [0.05, 0.1) is 36.1 Å². The topological polar surface area (TPSA) is 140 Å². The van der Waals surface area contributed by atoms with Crippen molar-refractivity contribution in [3.05, 3.63) is 77.5 Å². The lowest BCUT2D eigenvalue weighted by Gasteiger charge is -2.33. The number of nitrogens with zero attached hydrogens (tertiary/aromatic N) is 2. The monoisotopic (exact) mass is 555 g/mol. The summed E-state index contributed by atoms with van der Waals surface area (Å²) >= 11 is 0. The van der Waals surface area contributed by atoms with E-state index in [0.29, 0.717) is 41.6 Å². The molecule has 2 unspecified atom stereocenters. The first-order chi connectivity index (χ1) is 19.3. The van der Waals surface area contributed by atoms with Crippen LogP contribution in [0.5, 0.6) is 5.75 Å². The number of unbranched alkanes of at least 4 members (excludes halogenated alkanes) is 1. The molecule has 11 heteroatoms. The van der Waals surface area contributed by atoms with E-state index < -0.39 is 29.7 Å². The number of oxazole rings is 1. The van der Waals surface area contributed by atoms with Crippen molar-refractivity contribution in [1.82, 2.24) is 10.3 Å². The summed E-state index contributed by atoms with van der Waals surface area (Å²) in [5.41, 5.74) is 13.5. The Bertz CT molecular complexity index is 1310. The summed E-state index contributed by atoms with van der Waals surface area (Å²) in [4.78, 5) is 20.1. The number of aromatic nitrogens is 1. The van der Waals surface area contributed by atoms with Crippen LogP contribution in [0.1, 0.15) is 48.5 Å². The molecule has 4 rings (SSSR count). The van der Waals surface area contributed by atoms with Crippen LogP contribution in [0.2, 0.25) is 0 Å². The molecule has 2 heterocycles. The van der Waals surface area contributed by atoms with Crippen LogP contribution < -0.4 is 26.4 Å². The highest BCUT2D eigenvalue weighted by Gasteiger charge is 2.28. The number of ether oxygens (including phenoxy) is 1. The van der Waals surface area contributed by atoms with E-state index in [4.69, 9.17) is 20.6 Å². The number of rotatable bonds is 12. The molecule has 214 valence electrons. The van der Waals surface area contributed by atoms with E-state index in [-0.39, 0.29) is 24.8 Å². The number of fused-ring (bicyclic) bond motifs is 1. The number of amides is 1. The van der Waals surface area contributed by atoms with Gasteiger partial charge in [0.25, 0.3) is 5.91 Å². The lowest BCUT2D eigenvalue weighted by atomic mass is 9.96. The van der Waals surface area contributed by atoms with Crippen LogP contribution in [0.15, 0.2) is 59.1 Å². The van der Waals surface area contributed by atoms with Gasteiger partial charge in [-0.2, -0.15) is 0 Å². The molecule has 0 spiro atoms. The van der Waals surface area contributed by atoms with Crippen molar-refractivity contribution in [3.63, 3.8) is 0 Å². The molecule has 0 radical (unpaired) electrons. The van der Waals surface area contributed by atoms with Gasteiger partial charge in [0.1, 0.15) is 24.5 Å². The van der Waals surface area contributed by atoms with Crippen molar-refractivity contribution in [3.8, 4) is 17.2 Å². The Labute approximate surface area is 231 Å². The summed E-state index contributed by atoms with van der Waals surface area (Å²) in [5, 5.41) is 13.9. The Morgan fingerprint density at radius 3 is 2.70 bits per heavy atom. The van der Waals surface area contributed by atoms with Crippen LogP contribution in [0.4, 0.5) is 14.5 Å². The number of benzene rings is 2. The lowest BCUT2D eigenvalue weighted by molar-refractivity contribution is 0.0814. The second kappa shape index (κ2) is 13.3. The summed E-state index contributed by atoms with van der Waals surface area (Å²) in [6.45, 7) is 4.03. The van der Waals surface area contributed by atoms with Crippen molar-refractivity contribution in [2.24, 2.45) is 11.5 Å². The fourth-order valence-electron chi connectivity index (χ4n) is 4.72. The minimum Gasteiger partial charge on any atom is -0.489 e. The molecule has 1 aliphatic rings. The number of carbonyl (C=O) groups is 1. The molecule has 9 nitrogen and oxygen atoms in total. The average molecular weight is 556 g/mol. The molecule has 0 saturated carbocycles. The number of nitrogens with two attached hydrogens (primary N) is 2. The fraction of sp³-hybridized carbons (Fsp3) is 0.379. The Kier molecular flexibility index (Phi) is 9.60. The number of carbonyl (C=O) groups excluding carboxylic acids is 1. The number of hydrogen-bond acceptors (Lipinski definition) is 8. The molecule has 0 bridgehead atoms. The lowest BCUT2D eigenvalue weighted by Crippen LogP contribution is -2.45. The van der Waals surface area contributed by atoms with E-state index in [1.807, 2.05) is 0 Å². The highest BCUT2D eigenvalue weighted by molar-refractivity contribution is 5.98. The van der Waals surface area contributed by atoms with Crippen LogP contribution in [0.25, 0.3) is 11.5 Å². The van der Waals surface area contributed by atoms with Gasteiger partial charge in [0.15, 0.2) is 5.75 Å². The summed E-state index contributed by atoms with van der Waals surface area (Å²) < 4.78 is 39.4. The van der Waals surface area contributed by atoms with Gasteiger partial charge in [-0.1, -0.05) is 13.3 Å². The first-order valence-electron chi connectivity index (χ1n) is 13.3. The molecular formula is C29H35F2N5O4. The number of nitrogens with one attached hydrogen (secondary N) is 1. The zero-order valence-electron chi connectivity index (χ0n) is 22.4. The highest BCUT2D eigenvalue weighted by atomic mass is 19.1. The summed E-state index contributed by atoms with van der Waals surface area (Å²) in [6, 6.07) is 5.60. The van der Waals surface area contributed by atoms with Crippen LogP contribution in [0, 0.1) is 11.6 Å². The molecule has 2 aromatic carbocycles. The van der Waals surface area contributed by atoms with Crippen molar-refractivity contribution < 1.29 is 27.8 Å². The molecule has 3 aromatic rings. The number of halogens is 2. The van der Waals surface area contributed by atoms with Gasteiger partial charge >= 0.3 is 0 Å². The summed E-state index contributed by atoms with van der Waals surface area (Å²) in [5.74, 6) is -1.10. The standard InChI is InChI=1S/C29H35F2N5O4/c1-2-3-7-36-8-10-39-27-23(29-34-6-9-40-29)14-19(15-25(27)36)28(38)35-24(26(37)5-4-22(33)17-32)13-18-11-20(30)16-21(31)12-18/h6,9,11-12,14-17,24,26,37H,2-5,7-8,10,13,32-33H2,1H3,(H,35,38)/b22-17-. The Hall–Kier alpha value is -4.12. The molecule has 1 aliphatic heterocycles. The zero-order valence-corrected chi connectivity index (χ0v) is 22.4. The minimum absolute atomic E-state index is 0.0168. The van der Waals surface area contributed by atoms with Crippen molar-refractivity contribution in [2.45, 2.75) is 51.2 Å². The smallest absolute Gasteiger partial charge is 0.251 e. The first kappa shape index (κ1) is 28.9. The molecule has 0 aliphatic carbocycles. The second-order valence-electron chi connectivity index (χ2n) is 9.81. The number of hydrogen-bond donors (Lipinski definition) is 4. The molecule has 0 saturated heterocycles.